The van der Waals surface area contributed by atoms with Gasteiger partial charge in [-0.05, 0) is 19.9 Å². The van der Waals surface area contributed by atoms with Crippen molar-refractivity contribution in [3.8, 4) is 0 Å². The van der Waals surface area contributed by atoms with Gasteiger partial charge in [0.1, 0.15) is 0 Å². The Morgan fingerprint density at radius 3 is 3.22 bits per heavy atom. The lowest BCUT2D eigenvalue weighted by atomic mass is 10.3. The van der Waals surface area contributed by atoms with E-state index in [0.717, 1.165) is 6.54 Å². The van der Waals surface area contributed by atoms with Crippen LogP contribution in [0, 0.1) is 0 Å². The van der Waals surface area contributed by atoms with Gasteiger partial charge in [0.25, 0.3) is 0 Å². The first kappa shape index (κ1) is 7.46. The first-order valence-electron chi connectivity index (χ1n) is 3.52. The Labute approximate surface area is 59.3 Å². The minimum atomic E-state index is 0.657. The zero-order chi connectivity index (χ0) is 6.69. The average Bonchev–Trinajstić information content (AvgIpc) is 1.93. The van der Waals surface area contributed by atoms with Crippen LogP contribution < -0.4 is 5.32 Å². The van der Waals surface area contributed by atoms with Gasteiger partial charge < -0.3 is 5.32 Å². The molecule has 0 amide bonds. The summed E-state index contributed by atoms with van der Waals surface area (Å²) < 4.78 is 2.30. The van der Waals surface area contributed by atoms with Crippen LogP contribution in [0.1, 0.15) is 13.3 Å². The number of rotatable bonds is 0. The Hall–Kier alpha value is 0.350. The molecule has 0 spiro atoms. The Bertz CT molecular complexity index is 77.1. The van der Waals surface area contributed by atoms with E-state index in [1.807, 2.05) is 0 Å². The molecule has 1 fully saturated rings. The lowest BCUT2D eigenvalue weighted by Crippen LogP contribution is -2.31. The van der Waals surface area contributed by atoms with Crippen LogP contribution in [0.2, 0.25) is 0 Å². The van der Waals surface area contributed by atoms with Gasteiger partial charge in [0.2, 0.25) is 0 Å². The SMILES string of the molecule is C[C@H]1CN(P)CCCN1. The standard InChI is InChI=1S/C6H15N2P/c1-6-5-8(9)4-2-3-7-6/h6-7H,2-5,9H2,1H3/t6-/m0/s1. The fraction of sp³-hybridized carbons (Fsp3) is 1.00. The molecule has 1 aliphatic rings. The van der Waals surface area contributed by atoms with Gasteiger partial charge in [0.15, 0.2) is 0 Å². The normalized spacial score (nSPS) is 32.0. The van der Waals surface area contributed by atoms with Gasteiger partial charge in [-0.15, -0.1) is 0 Å². The van der Waals surface area contributed by atoms with Crippen molar-refractivity contribution < 1.29 is 0 Å². The summed E-state index contributed by atoms with van der Waals surface area (Å²) in [5.41, 5.74) is 0. The molecule has 0 bridgehead atoms. The highest BCUT2D eigenvalue weighted by Crippen LogP contribution is 2.04. The highest BCUT2D eigenvalue weighted by Gasteiger charge is 2.08. The van der Waals surface area contributed by atoms with Gasteiger partial charge in [-0.2, -0.15) is 0 Å². The predicted molar refractivity (Wildman–Crippen MR) is 43.4 cm³/mol. The molecule has 1 rings (SSSR count). The summed E-state index contributed by atoms with van der Waals surface area (Å²) >= 11 is 0. The number of nitrogens with one attached hydrogen (secondary N) is 1. The summed E-state index contributed by atoms with van der Waals surface area (Å²) in [5.74, 6) is 0. The second-order valence-electron chi connectivity index (χ2n) is 2.70. The third kappa shape index (κ3) is 2.61. The number of nitrogens with zero attached hydrogens (tertiary/aromatic N) is 1. The zero-order valence-electron chi connectivity index (χ0n) is 5.93. The molecule has 54 valence electrons. The van der Waals surface area contributed by atoms with Crippen LogP contribution in [0.25, 0.3) is 0 Å². The summed E-state index contributed by atoms with van der Waals surface area (Å²) in [6.07, 6.45) is 1.27. The fourth-order valence-electron chi connectivity index (χ4n) is 1.14. The van der Waals surface area contributed by atoms with Crippen molar-refractivity contribution in [1.29, 1.82) is 0 Å². The molecule has 3 heteroatoms. The van der Waals surface area contributed by atoms with E-state index in [4.69, 9.17) is 0 Å². The van der Waals surface area contributed by atoms with Crippen LogP contribution in [0.3, 0.4) is 0 Å². The Balaban J connectivity index is 2.29. The van der Waals surface area contributed by atoms with Crippen LogP contribution in [0.4, 0.5) is 0 Å². The molecule has 2 nitrogen and oxygen atoms in total. The van der Waals surface area contributed by atoms with E-state index in [1.165, 1.54) is 19.5 Å². The monoisotopic (exact) mass is 146 g/mol. The van der Waals surface area contributed by atoms with Crippen LogP contribution >= 0.6 is 9.39 Å². The first-order chi connectivity index (χ1) is 4.29. The molecular formula is C6H15N2P. The summed E-state index contributed by atoms with van der Waals surface area (Å²) in [6, 6.07) is 0.657. The van der Waals surface area contributed by atoms with Gasteiger partial charge in [-0.1, -0.05) is 9.39 Å². The molecule has 0 aliphatic carbocycles. The number of hydrogen-bond donors (Lipinski definition) is 1. The third-order valence-electron chi connectivity index (χ3n) is 1.62. The summed E-state index contributed by atoms with van der Waals surface area (Å²) in [6.45, 7) is 5.76. The maximum absolute atomic E-state index is 3.42. The van der Waals surface area contributed by atoms with Crippen molar-refractivity contribution in [2.45, 2.75) is 19.4 Å². The lowest BCUT2D eigenvalue weighted by Gasteiger charge is -2.15. The molecule has 0 aromatic rings. The largest absolute Gasteiger partial charge is 0.313 e. The molecule has 2 atom stereocenters. The van der Waals surface area contributed by atoms with Gasteiger partial charge in [-0.25, -0.2) is 0 Å². The smallest absolute Gasteiger partial charge is 0.0169 e. The van der Waals surface area contributed by atoms with E-state index < -0.39 is 0 Å². The van der Waals surface area contributed by atoms with Gasteiger partial charge >= 0.3 is 0 Å². The van der Waals surface area contributed by atoms with Crippen molar-refractivity contribution in [3.63, 3.8) is 0 Å². The second-order valence-corrected chi connectivity index (χ2v) is 3.43. The molecule has 9 heavy (non-hydrogen) atoms. The minimum Gasteiger partial charge on any atom is -0.313 e. The minimum absolute atomic E-state index is 0.657. The Kier molecular flexibility index (Phi) is 2.90. The van der Waals surface area contributed by atoms with Crippen molar-refractivity contribution in [2.24, 2.45) is 0 Å². The molecule has 0 aromatic heterocycles. The van der Waals surface area contributed by atoms with E-state index in [-0.39, 0.29) is 0 Å². The summed E-state index contributed by atoms with van der Waals surface area (Å²) in [4.78, 5) is 0. The van der Waals surface area contributed by atoms with E-state index in [9.17, 15) is 0 Å². The molecule has 0 radical (unpaired) electrons. The van der Waals surface area contributed by atoms with Gasteiger partial charge in [0, 0.05) is 19.1 Å². The van der Waals surface area contributed by atoms with Gasteiger partial charge in [-0.3, -0.25) is 4.67 Å². The molecule has 1 heterocycles. The molecule has 1 aliphatic heterocycles. The summed E-state index contributed by atoms with van der Waals surface area (Å²) in [7, 11) is 2.76. The topological polar surface area (TPSA) is 15.3 Å². The molecule has 1 N–H and O–H groups in total. The lowest BCUT2D eigenvalue weighted by molar-refractivity contribution is 0.452. The first-order valence-corrected chi connectivity index (χ1v) is 4.03. The second kappa shape index (κ2) is 3.50. The van der Waals surface area contributed by atoms with Crippen LogP contribution in [0.15, 0.2) is 0 Å². The van der Waals surface area contributed by atoms with Crippen LogP contribution in [-0.2, 0) is 0 Å². The molecule has 0 aromatic carbocycles. The molecule has 0 saturated carbocycles. The molecule has 1 unspecified atom stereocenters. The third-order valence-corrected chi connectivity index (χ3v) is 2.09. The summed E-state index contributed by atoms with van der Waals surface area (Å²) in [5, 5.41) is 3.42. The van der Waals surface area contributed by atoms with E-state index in [1.54, 1.807) is 0 Å². The maximum atomic E-state index is 3.42. The molecule has 1 saturated heterocycles. The number of hydrogen-bond acceptors (Lipinski definition) is 2. The van der Waals surface area contributed by atoms with E-state index in [0.29, 0.717) is 6.04 Å². The van der Waals surface area contributed by atoms with Crippen molar-refractivity contribution in [1.82, 2.24) is 9.99 Å². The highest BCUT2D eigenvalue weighted by atomic mass is 31.0. The van der Waals surface area contributed by atoms with Crippen LogP contribution in [-0.4, -0.2) is 30.3 Å². The molecular weight excluding hydrogens is 131 g/mol. The Morgan fingerprint density at radius 2 is 2.44 bits per heavy atom. The van der Waals surface area contributed by atoms with Gasteiger partial charge in [0.05, 0.1) is 0 Å². The van der Waals surface area contributed by atoms with Crippen molar-refractivity contribution in [2.75, 3.05) is 19.6 Å². The quantitative estimate of drug-likeness (QED) is 0.499. The fourth-order valence-corrected chi connectivity index (χ4v) is 1.64. The highest BCUT2D eigenvalue weighted by molar-refractivity contribution is 7.13. The van der Waals surface area contributed by atoms with Crippen molar-refractivity contribution >= 4 is 9.39 Å². The maximum Gasteiger partial charge on any atom is 0.0169 e. The van der Waals surface area contributed by atoms with E-state index in [2.05, 4.69) is 26.3 Å². The van der Waals surface area contributed by atoms with E-state index >= 15 is 0 Å². The average molecular weight is 146 g/mol. The predicted octanol–water partition coefficient (Wildman–Crippen LogP) is 0.460. The van der Waals surface area contributed by atoms with Crippen LogP contribution in [0.5, 0.6) is 0 Å². The Morgan fingerprint density at radius 1 is 1.67 bits per heavy atom. The zero-order valence-corrected chi connectivity index (χ0v) is 7.09. The van der Waals surface area contributed by atoms with Crippen molar-refractivity contribution in [3.05, 3.63) is 0 Å².